The lowest BCUT2D eigenvalue weighted by Crippen LogP contribution is -2.49. The number of allylic oxidation sites excluding steroid dienone is 2. The van der Waals surface area contributed by atoms with Crippen molar-refractivity contribution < 1.29 is 9.18 Å². The summed E-state index contributed by atoms with van der Waals surface area (Å²) in [4.78, 5) is 19.0. The Morgan fingerprint density at radius 2 is 1.84 bits per heavy atom. The number of nitrogens with one attached hydrogen (secondary N) is 1. The molecule has 0 saturated heterocycles. The highest BCUT2D eigenvalue weighted by molar-refractivity contribution is 7.15. The van der Waals surface area contributed by atoms with Crippen LogP contribution in [0.1, 0.15) is 62.9 Å². The van der Waals surface area contributed by atoms with Crippen LogP contribution in [0.15, 0.2) is 30.3 Å². The van der Waals surface area contributed by atoms with Gasteiger partial charge in [-0.3, -0.25) is 4.79 Å². The number of fused-ring (bicyclic) bond motifs is 7. The molecule has 0 aliphatic heterocycles. The molecule has 2 aromatic rings. The smallest absolute Gasteiger partial charge is 0.187 e. The number of nitrogens with zero attached hydrogens (tertiary/aromatic N) is 1. The van der Waals surface area contributed by atoms with Crippen molar-refractivity contribution >= 4 is 33.5 Å². The monoisotopic (exact) mass is 436 g/mol. The molecule has 0 unspecified atom stereocenters. The predicted octanol–water partition coefficient (Wildman–Crippen LogP) is 6.78. The van der Waals surface area contributed by atoms with Crippen molar-refractivity contribution in [2.45, 2.75) is 58.8 Å². The summed E-state index contributed by atoms with van der Waals surface area (Å²) in [6, 6.07) is 6.46. The molecule has 2 fully saturated rings. The van der Waals surface area contributed by atoms with E-state index >= 15 is 0 Å². The molecule has 31 heavy (non-hydrogen) atoms. The van der Waals surface area contributed by atoms with Gasteiger partial charge in [-0.1, -0.05) is 19.9 Å². The van der Waals surface area contributed by atoms with Crippen molar-refractivity contribution in [2.75, 3.05) is 5.32 Å². The second kappa shape index (κ2) is 6.74. The van der Waals surface area contributed by atoms with E-state index in [1.54, 1.807) is 23.5 Å². The molecule has 0 bridgehead atoms. The number of aromatic nitrogens is 1. The van der Waals surface area contributed by atoms with E-state index < -0.39 is 0 Å². The number of hydrogen-bond donors (Lipinski definition) is 1. The number of benzene rings is 1. The molecule has 3 nitrogen and oxygen atoms in total. The van der Waals surface area contributed by atoms with Crippen molar-refractivity contribution in [2.24, 2.45) is 28.6 Å². The number of hydrogen-bond acceptors (Lipinski definition) is 4. The molecular weight excluding hydrogens is 407 g/mol. The van der Waals surface area contributed by atoms with Gasteiger partial charge in [-0.05, 0) is 91.5 Å². The Bertz CT molecular complexity index is 1090. The molecule has 4 aliphatic rings. The van der Waals surface area contributed by atoms with Gasteiger partial charge in [0.1, 0.15) is 11.6 Å². The maximum Gasteiger partial charge on any atom is 0.187 e. The molecule has 0 spiro atoms. The number of ketones is 1. The van der Waals surface area contributed by atoms with Gasteiger partial charge in [-0.25, -0.2) is 9.37 Å². The molecule has 0 radical (unpaired) electrons. The quantitative estimate of drug-likeness (QED) is 0.564. The Balaban J connectivity index is 1.33. The van der Waals surface area contributed by atoms with Crippen LogP contribution in [-0.2, 0) is 11.2 Å². The highest BCUT2D eigenvalue weighted by atomic mass is 32.1. The van der Waals surface area contributed by atoms with Crippen LogP contribution in [0.5, 0.6) is 0 Å². The standard InChI is InChI=1S/C26H29FN2OS/c1-25-14-12-21-23(29-24(31-21)28-16-5-3-15(27)4-6-16)20(25)8-7-17-18-9-10-22(30)26(18,2)13-11-19(17)25/h3-6,8,17-19H,7,9-14H2,1-2H3,(H,28,29)/t17-,18-,19-,25+,26-/m0/s1. The Labute approximate surface area is 187 Å². The van der Waals surface area contributed by atoms with Crippen LogP contribution in [-0.4, -0.2) is 10.8 Å². The average Bonchev–Trinajstić information content (AvgIpc) is 3.29. The zero-order valence-electron chi connectivity index (χ0n) is 18.2. The second-order valence-corrected chi connectivity index (χ2v) is 11.6. The van der Waals surface area contributed by atoms with E-state index in [1.807, 2.05) is 0 Å². The van der Waals surface area contributed by atoms with Gasteiger partial charge >= 0.3 is 0 Å². The number of anilines is 2. The number of aryl methyl sites for hydroxylation is 1. The van der Waals surface area contributed by atoms with Crippen LogP contribution in [0.25, 0.3) is 5.57 Å². The number of rotatable bonds is 2. The van der Waals surface area contributed by atoms with Crippen molar-refractivity contribution in [3.05, 3.63) is 46.7 Å². The third-order valence-electron chi connectivity index (χ3n) is 9.09. The van der Waals surface area contributed by atoms with E-state index in [4.69, 9.17) is 4.98 Å². The molecule has 1 aromatic heterocycles. The zero-order chi connectivity index (χ0) is 21.4. The number of carbonyl (C=O) groups excluding carboxylic acids is 1. The minimum atomic E-state index is -0.228. The summed E-state index contributed by atoms with van der Waals surface area (Å²) in [6.07, 6.45) is 9.88. The second-order valence-electron chi connectivity index (χ2n) is 10.5. The molecule has 1 N–H and O–H groups in total. The maximum atomic E-state index is 13.2. The molecular formula is C26H29FN2OS. The van der Waals surface area contributed by atoms with Gasteiger partial charge in [0.25, 0.3) is 0 Å². The van der Waals surface area contributed by atoms with Crippen molar-refractivity contribution in [1.82, 2.24) is 4.98 Å². The summed E-state index contributed by atoms with van der Waals surface area (Å²) < 4.78 is 13.2. The Kier molecular flexibility index (Phi) is 4.28. The molecule has 5 atom stereocenters. The summed E-state index contributed by atoms with van der Waals surface area (Å²) >= 11 is 1.73. The average molecular weight is 437 g/mol. The van der Waals surface area contributed by atoms with Gasteiger partial charge < -0.3 is 5.32 Å². The highest BCUT2D eigenvalue weighted by Crippen LogP contribution is 2.65. The van der Waals surface area contributed by atoms with Gasteiger partial charge in [0.05, 0.1) is 5.69 Å². The minimum absolute atomic E-state index is 0.0738. The fourth-order valence-electron chi connectivity index (χ4n) is 7.37. The topological polar surface area (TPSA) is 42.0 Å². The number of Topliss-reactive ketones (excluding diaryl/α,β-unsaturated/α-hetero) is 1. The van der Waals surface area contributed by atoms with Gasteiger partial charge in [-0.2, -0.15) is 0 Å². The lowest BCUT2D eigenvalue weighted by atomic mass is 9.48. The van der Waals surface area contributed by atoms with Crippen molar-refractivity contribution in [1.29, 1.82) is 0 Å². The van der Waals surface area contributed by atoms with Crippen LogP contribution in [0.4, 0.5) is 15.2 Å². The minimum Gasteiger partial charge on any atom is -0.332 e. The van der Waals surface area contributed by atoms with E-state index in [0.29, 0.717) is 23.5 Å². The van der Waals surface area contributed by atoms with E-state index in [-0.39, 0.29) is 16.6 Å². The fourth-order valence-corrected chi connectivity index (χ4v) is 8.36. The summed E-state index contributed by atoms with van der Waals surface area (Å²) in [7, 11) is 0. The van der Waals surface area contributed by atoms with Gasteiger partial charge in [0.15, 0.2) is 5.13 Å². The third-order valence-corrected chi connectivity index (χ3v) is 10.1. The predicted molar refractivity (Wildman–Crippen MR) is 123 cm³/mol. The number of carbonyl (C=O) groups is 1. The van der Waals surface area contributed by atoms with E-state index in [9.17, 15) is 9.18 Å². The summed E-state index contributed by atoms with van der Waals surface area (Å²) in [5.74, 6) is 2.13. The first-order valence-corrected chi connectivity index (χ1v) is 12.5. The molecule has 1 heterocycles. The first kappa shape index (κ1) is 19.7. The van der Waals surface area contributed by atoms with Crippen LogP contribution in [0.3, 0.4) is 0 Å². The summed E-state index contributed by atoms with van der Waals surface area (Å²) in [5.41, 5.74) is 3.56. The lowest BCUT2D eigenvalue weighted by molar-refractivity contribution is -0.131. The summed E-state index contributed by atoms with van der Waals surface area (Å²) in [5, 5.41) is 4.26. The van der Waals surface area contributed by atoms with Gasteiger partial charge in [-0.15, -0.1) is 11.3 Å². The fraction of sp³-hybridized carbons (Fsp3) is 0.538. The molecule has 0 amide bonds. The van der Waals surface area contributed by atoms with Crippen LogP contribution in [0, 0.1) is 34.4 Å². The third kappa shape index (κ3) is 2.81. The molecule has 2 saturated carbocycles. The van der Waals surface area contributed by atoms with Crippen LogP contribution >= 0.6 is 11.3 Å². The molecule has 4 aliphatic carbocycles. The Morgan fingerprint density at radius 1 is 1.06 bits per heavy atom. The summed E-state index contributed by atoms with van der Waals surface area (Å²) in [6.45, 7) is 4.71. The maximum absolute atomic E-state index is 13.2. The highest BCUT2D eigenvalue weighted by Gasteiger charge is 2.58. The van der Waals surface area contributed by atoms with Crippen LogP contribution < -0.4 is 5.32 Å². The zero-order valence-corrected chi connectivity index (χ0v) is 19.0. The SMILES string of the molecule is C[C@]12CCc3sc(Nc4ccc(F)cc4)nc3C1=CC[C@@H]1[C@@H]2CC[C@]2(C)C(=O)CC[C@@H]12. The van der Waals surface area contributed by atoms with Gasteiger partial charge in [0.2, 0.25) is 0 Å². The van der Waals surface area contributed by atoms with E-state index in [1.165, 1.54) is 34.7 Å². The van der Waals surface area contributed by atoms with E-state index in [2.05, 4.69) is 25.2 Å². The van der Waals surface area contributed by atoms with Crippen molar-refractivity contribution in [3.8, 4) is 0 Å². The molecule has 162 valence electrons. The lowest BCUT2D eigenvalue weighted by Gasteiger charge is -2.55. The Morgan fingerprint density at radius 3 is 2.65 bits per heavy atom. The first-order chi connectivity index (χ1) is 14.9. The Hall–Kier alpha value is -2.01. The number of thiazole rings is 1. The molecule has 5 heteroatoms. The number of halogens is 1. The van der Waals surface area contributed by atoms with Crippen molar-refractivity contribution in [3.63, 3.8) is 0 Å². The molecule has 6 rings (SSSR count). The largest absolute Gasteiger partial charge is 0.332 e. The van der Waals surface area contributed by atoms with E-state index in [0.717, 1.165) is 49.3 Å². The molecule has 1 aromatic carbocycles. The first-order valence-electron chi connectivity index (χ1n) is 11.6. The normalized spacial score (nSPS) is 36.2. The van der Waals surface area contributed by atoms with Crippen LogP contribution in [0.2, 0.25) is 0 Å². The van der Waals surface area contributed by atoms with Gasteiger partial charge in [0, 0.05) is 22.4 Å².